The Balaban J connectivity index is 5.22. The molecule has 0 aromatic carbocycles. The summed E-state index contributed by atoms with van der Waals surface area (Å²) < 4.78 is 0. The van der Waals surface area contributed by atoms with Gasteiger partial charge in [-0.25, -0.2) is 0 Å². The molecule has 4 amide bonds. The standard InChI is InChI=1S/C38H69N7O7/c1-4-5-6-7-8-9-10-11-12-13-14-15-16-19-36(51)45-31(18-17-24-43-38(41)42)33(48)26-30(21-23-35(40)50)37(52)44-27(2)32(47)25-29(28(3)46)20-22-34(39)49/h27,29-31H,4-26H2,1-3H3,(H2,39,49)(H2,40,50)(H,44,52)(H,45,51)(H4,41,42,43)/t27-,29+,30+,31-/m0/s1. The van der Waals surface area contributed by atoms with E-state index in [0.29, 0.717) is 12.8 Å². The monoisotopic (exact) mass is 736 g/mol. The van der Waals surface area contributed by atoms with E-state index in [4.69, 9.17) is 22.9 Å². The van der Waals surface area contributed by atoms with E-state index in [1.807, 2.05) is 0 Å². The first kappa shape index (κ1) is 48.2. The number of primary amides is 2. The smallest absolute Gasteiger partial charge is 0.224 e. The van der Waals surface area contributed by atoms with E-state index in [1.165, 1.54) is 71.6 Å². The van der Waals surface area contributed by atoms with Gasteiger partial charge in [-0.2, -0.15) is 0 Å². The van der Waals surface area contributed by atoms with E-state index >= 15 is 0 Å². The molecule has 0 radical (unpaired) electrons. The summed E-state index contributed by atoms with van der Waals surface area (Å²) in [6.45, 7) is 5.25. The minimum atomic E-state index is -1.01. The molecule has 0 aliphatic rings. The molecular weight excluding hydrogens is 666 g/mol. The van der Waals surface area contributed by atoms with Crippen LogP contribution in [0.3, 0.4) is 0 Å². The van der Waals surface area contributed by atoms with Crippen LogP contribution in [0.4, 0.5) is 0 Å². The molecule has 0 aromatic rings. The van der Waals surface area contributed by atoms with Crippen molar-refractivity contribution in [1.82, 2.24) is 10.6 Å². The summed E-state index contributed by atoms with van der Waals surface area (Å²) in [7, 11) is 0. The van der Waals surface area contributed by atoms with Crippen LogP contribution in [0.5, 0.6) is 0 Å². The van der Waals surface area contributed by atoms with Crippen molar-refractivity contribution in [3.63, 3.8) is 0 Å². The van der Waals surface area contributed by atoms with Crippen molar-refractivity contribution in [3.05, 3.63) is 0 Å². The Morgan fingerprint density at radius 3 is 1.54 bits per heavy atom. The van der Waals surface area contributed by atoms with Gasteiger partial charge < -0.3 is 33.6 Å². The molecule has 0 rings (SSSR count). The first-order valence-corrected chi connectivity index (χ1v) is 19.4. The van der Waals surface area contributed by atoms with Crippen LogP contribution < -0.4 is 33.6 Å². The van der Waals surface area contributed by atoms with Crippen molar-refractivity contribution in [2.24, 2.45) is 39.8 Å². The average molecular weight is 736 g/mol. The fraction of sp³-hybridized carbons (Fsp3) is 0.789. The first-order chi connectivity index (χ1) is 24.7. The van der Waals surface area contributed by atoms with E-state index in [9.17, 15) is 33.6 Å². The normalized spacial score (nSPS) is 13.3. The zero-order chi connectivity index (χ0) is 39.3. The number of unbranched alkanes of at least 4 members (excludes halogenated alkanes) is 12. The van der Waals surface area contributed by atoms with Crippen LogP contribution in [0, 0.1) is 11.8 Å². The quantitative estimate of drug-likeness (QED) is 0.0319. The summed E-state index contributed by atoms with van der Waals surface area (Å²) in [5, 5.41) is 5.43. The van der Waals surface area contributed by atoms with Crippen LogP contribution >= 0.6 is 0 Å². The molecule has 0 spiro atoms. The summed E-state index contributed by atoms with van der Waals surface area (Å²) in [5.41, 5.74) is 21.4. The molecule has 0 unspecified atom stereocenters. The Hall–Kier alpha value is -3.84. The van der Waals surface area contributed by atoms with Crippen molar-refractivity contribution < 1.29 is 33.6 Å². The van der Waals surface area contributed by atoms with Crippen LogP contribution in [0.1, 0.15) is 162 Å². The Kier molecular flexibility index (Phi) is 27.5. The second-order valence-electron chi connectivity index (χ2n) is 14.1. The maximum Gasteiger partial charge on any atom is 0.224 e. The van der Waals surface area contributed by atoms with Gasteiger partial charge in [0.15, 0.2) is 17.5 Å². The molecule has 298 valence electrons. The molecule has 0 bridgehead atoms. The largest absolute Gasteiger partial charge is 0.370 e. The molecule has 14 nitrogen and oxygen atoms in total. The number of Topliss-reactive ketones (excluding diaryl/α,β-unsaturated/α-hetero) is 3. The summed E-state index contributed by atoms with van der Waals surface area (Å²) >= 11 is 0. The molecule has 14 heteroatoms. The summed E-state index contributed by atoms with van der Waals surface area (Å²) in [4.78, 5) is 91.5. The number of nitrogens with one attached hydrogen (secondary N) is 2. The van der Waals surface area contributed by atoms with Gasteiger partial charge in [-0.05, 0) is 46.0 Å². The fourth-order valence-electron chi connectivity index (χ4n) is 6.01. The molecule has 0 saturated heterocycles. The van der Waals surface area contributed by atoms with Crippen LogP contribution in [0.15, 0.2) is 4.99 Å². The van der Waals surface area contributed by atoms with Crippen LogP contribution in [0.2, 0.25) is 0 Å². The second kappa shape index (κ2) is 29.7. The molecule has 0 aliphatic carbocycles. The fourth-order valence-corrected chi connectivity index (χ4v) is 6.01. The van der Waals surface area contributed by atoms with E-state index in [1.54, 1.807) is 0 Å². The lowest BCUT2D eigenvalue weighted by molar-refractivity contribution is -0.134. The lowest BCUT2D eigenvalue weighted by atomic mass is 9.90. The SMILES string of the molecule is CCCCCCCCCCCCCCCC(=O)N[C@@H](CCCN=C(N)N)C(=O)C[C@@H](CCC(N)=O)C(=O)N[C@@H](C)C(=O)C[C@@H](CCC(N)=O)C(C)=O. The highest BCUT2D eigenvalue weighted by Gasteiger charge is 2.30. The number of ketones is 3. The van der Waals surface area contributed by atoms with Gasteiger partial charge in [-0.15, -0.1) is 0 Å². The molecule has 10 N–H and O–H groups in total. The summed E-state index contributed by atoms with van der Waals surface area (Å²) in [6.07, 6.45) is 15.6. The lowest BCUT2D eigenvalue weighted by Gasteiger charge is -2.23. The number of rotatable bonds is 34. The van der Waals surface area contributed by atoms with Crippen LogP contribution in [-0.2, 0) is 33.6 Å². The van der Waals surface area contributed by atoms with Gasteiger partial charge in [0.05, 0.1) is 12.1 Å². The number of guanidine groups is 1. The Morgan fingerprint density at radius 2 is 1.06 bits per heavy atom. The number of amides is 4. The minimum Gasteiger partial charge on any atom is -0.370 e. The number of hydrogen-bond donors (Lipinski definition) is 6. The van der Waals surface area contributed by atoms with Crippen molar-refractivity contribution in [3.8, 4) is 0 Å². The number of nitrogens with two attached hydrogens (primary N) is 4. The first-order valence-electron chi connectivity index (χ1n) is 19.4. The third-order valence-corrected chi connectivity index (χ3v) is 9.34. The molecule has 0 fully saturated rings. The molecular formula is C38H69N7O7. The molecule has 0 aromatic heterocycles. The van der Waals surface area contributed by atoms with E-state index in [2.05, 4.69) is 22.5 Å². The minimum absolute atomic E-state index is 0.0455. The highest BCUT2D eigenvalue weighted by atomic mass is 16.2. The van der Waals surface area contributed by atoms with E-state index in [0.717, 1.165) is 19.3 Å². The third-order valence-electron chi connectivity index (χ3n) is 9.34. The second-order valence-corrected chi connectivity index (χ2v) is 14.1. The van der Waals surface area contributed by atoms with E-state index < -0.39 is 53.2 Å². The van der Waals surface area contributed by atoms with E-state index in [-0.39, 0.29) is 75.6 Å². The molecule has 0 heterocycles. The number of hydrogen-bond acceptors (Lipinski definition) is 8. The highest BCUT2D eigenvalue weighted by molar-refractivity contribution is 5.95. The van der Waals surface area contributed by atoms with Crippen LogP contribution in [-0.4, -0.2) is 65.6 Å². The zero-order valence-corrected chi connectivity index (χ0v) is 32.2. The number of aliphatic imine (C=N–C) groups is 1. The Labute approximate surface area is 311 Å². The summed E-state index contributed by atoms with van der Waals surface area (Å²) in [5.74, 6) is -5.10. The van der Waals surface area contributed by atoms with Crippen molar-refractivity contribution in [2.45, 2.75) is 174 Å². The third kappa shape index (κ3) is 26.0. The zero-order valence-electron chi connectivity index (χ0n) is 32.2. The van der Waals surface area contributed by atoms with Crippen molar-refractivity contribution >= 4 is 46.9 Å². The van der Waals surface area contributed by atoms with Gasteiger partial charge in [-0.1, -0.05) is 84.0 Å². The maximum absolute atomic E-state index is 13.6. The van der Waals surface area contributed by atoms with Crippen molar-refractivity contribution in [1.29, 1.82) is 0 Å². The predicted octanol–water partition coefficient (Wildman–Crippen LogP) is 3.78. The van der Waals surface area contributed by atoms with Gasteiger partial charge in [0.2, 0.25) is 23.6 Å². The molecule has 0 aliphatic heterocycles. The van der Waals surface area contributed by atoms with Gasteiger partial charge >= 0.3 is 0 Å². The molecule has 4 atom stereocenters. The van der Waals surface area contributed by atoms with Gasteiger partial charge in [-0.3, -0.25) is 38.6 Å². The topological polar surface area (TPSA) is 260 Å². The van der Waals surface area contributed by atoms with Gasteiger partial charge in [0.25, 0.3) is 0 Å². The number of carbonyl (C=O) groups excluding carboxylic acids is 7. The number of carbonyl (C=O) groups is 7. The maximum atomic E-state index is 13.6. The Bertz CT molecular complexity index is 1140. The summed E-state index contributed by atoms with van der Waals surface area (Å²) in [6, 6.07) is -1.92. The molecule has 0 saturated carbocycles. The lowest BCUT2D eigenvalue weighted by Crippen LogP contribution is -2.45. The van der Waals surface area contributed by atoms with Gasteiger partial charge in [0.1, 0.15) is 5.78 Å². The predicted molar refractivity (Wildman–Crippen MR) is 204 cm³/mol. The van der Waals surface area contributed by atoms with Crippen molar-refractivity contribution in [2.75, 3.05) is 6.54 Å². The number of nitrogens with zero attached hydrogens (tertiary/aromatic N) is 1. The average Bonchev–Trinajstić information content (AvgIpc) is 3.07. The highest BCUT2D eigenvalue weighted by Crippen LogP contribution is 2.19. The molecule has 52 heavy (non-hydrogen) atoms. The Morgan fingerprint density at radius 1 is 0.577 bits per heavy atom. The van der Waals surface area contributed by atoms with Crippen LogP contribution in [0.25, 0.3) is 0 Å². The van der Waals surface area contributed by atoms with Gasteiger partial charge in [0, 0.05) is 50.5 Å².